The van der Waals surface area contributed by atoms with Gasteiger partial charge in [-0.1, -0.05) is 11.1 Å². The molecule has 1 aromatic carbocycles. The van der Waals surface area contributed by atoms with Crippen LogP contribution in [-0.4, -0.2) is 42.2 Å². The highest BCUT2D eigenvalue weighted by molar-refractivity contribution is 7.88. The number of aromatic nitrogens is 2. The second-order valence-corrected chi connectivity index (χ2v) is 7.71. The zero-order valence-corrected chi connectivity index (χ0v) is 13.9. The van der Waals surface area contributed by atoms with E-state index in [1.54, 1.807) is 6.07 Å². The predicted octanol–water partition coefficient (Wildman–Crippen LogP) is 2.00. The lowest BCUT2D eigenvalue weighted by molar-refractivity contribution is 0.271. The molecule has 0 amide bonds. The fourth-order valence-electron chi connectivity index (χ4n) is 2.73. The number of sulfonamides is 1. The van der Waals surface area contributed by atoms with Crippen LogP contribution >= 0.6 is 0 Å². The molecule has 0 radical (unpaired) electrons. The summed E-state index contributed by atoms with van der Waals surface area (Å²) in [5.41, 5.74) is 0.658. The van der Waals surface area contributed by atoms with Crippen molar-refractivity contribution in [2.24, 2.45) is 0 Å². The summed E-state index contributed by atoms with van der Waals surface area (Å²) < 4.78 is 43.8. The molecular formula is C16H16FN3O3S. The second-order valence-electron chi connectivity index (χ2n) is 5.73. The number of terminal acetylenes is 1. The number of rotatable bonds is 3. The second kappa shape index (κ2) is 6.34. The Morgan fingerprint density at radius 1 is 1.38 bits per heavy atom. The summed E-state index contributed by atoms with van der Waals surface area (Å²) in [6.07, 6.45) is 7.61. The highest BCUT2D eigenvalue weighted by Crippen LogP contribution is 2.30. The number of hydrogen-bond acceptors (Lipinski definition) is 5. The van der Waals surface area contributed by atoms with Gasteiger partial charge in [-0.15, -0.1) is 6.42 Å². The van der Waals surface area contributed by atoms with Crippen molar-refractivity contribution in [3.05, 3.63) is 35.5 Å². The number of benzene rings is 1. The standard InChI is InChI=1S/C16H16FN3O3S/c1-3-11-4-5-13(14(17)10-11)15-18-16(23-19-15)12-6-8-20(9-7-12)24(2,21)22/h1,4-5,10,12H,6-9H2,2H3. The van der Waals surface area contributed by atoms with Gasteiger partial charge in [0, 0.05) is 24.6 Å². The fourth-order valence-corrected chi connectivity index (χ4v) is 3.61. The van der Waals surface area contributed by atoms with Crippen LogP contribution in [0.25, 0.3) is 11.4 Å². The monoisotopic (exact) mass is 349 g/mol. The molecule has 0 aliphatic carbocycles. The minimum absolute atomic E-state index is 0.0303. The highest BCUT2D eigenvalue weighted by atomic mass is 32.2. The van der Waals surface area contributed by atoms with E-state index in [9.17, 15) is 12.8 Å². The van der Waals surface area contributed by atoms with Gasteiger partial charge in [0.2, 0.25) is 21.7 Å². The van der Waals surface area contributed by atoms with Gasteiger partial charge in [0.25, 0.3) is 0 Å². The molecule has 126 valence electrons. The molecule has 0 atom stereocenters. The van der Waals surface area contributed by atoms with E-state index in [1.165, 1.54) is 22.7 Å². The smallest absolute Gasteiger partial charge is 0.230 e. The predicted molar refractivity (Wildman–Crippen MR) is 86.0 cm³/mol. The van der Waals surface area contributed by atoms with Crippen molar-refractivity contribution in [2.75, 3.05) is 19.3 Å². The summed E-state index contributed by atoms with van der Waals surface area (Å²) in [6, 6.07) is 4.38. The van der Waals surface area contributed by atoms with Gasteiger partial charge in [-0.3, -0.25) is 0 Å². The number of piperidine rings is 1. The lowest BCUT2D eigenvalue weighted by atomic mass is 9.98. The fraction of sp³-hybridized carbons (Fsp3) is 0.375. The zero-order chi connectivity index (χ0) is 17.3. The van der Waals surface area contributed by atoms with Gasteiger partial charge < -0.3 is 4.52 Å². The lowest BCUT2D eigenvalue weighted by Gasteiger charge is -2.28. The van der Waals surface area contributed by atoms with Crippen molar-refractivity contribution in [2.45, 2.75) is 18.8 Å². The first kappa shape index (κ1) is 16.6. The molecule has 1 aromatic heterocycles. The maximum atomic E-state index is 14.1. The Morgan fingerprint density at radius 2 is 2.08 bits per heavy atom. The van der Waals surface area contributed by atoms with Gasteiger partial charge in [-0.05, 0) is 31.0 Å². The third-order valence-electron chi connectivity index (χ3n) is 4.09. The Bertz CT molecular complexity index is 894. The van der Waals surface area contributed by atoms with Gasteiger partial charge in [-0.25, -0.2) is 17.1 Å². The highest BCUT2D eigenvalue weighted by Gasteiger charge is 2.29. The first-order valence-corrected chi connectivity index (χ1v) is 9.28. The topological polar surface area (TPSA) is 76.3 Å². The molecule has 1 saturated heterocycles. The lowest BCUT2D eigenvalue weighted by Crippen LogP contribution is -2.37. The van der Waals surface area contributed by atoms with Crippen molar-refractivity contribution in [3.63, 3.8) is 0 Å². The molecule has 8 heteroatoms. The van der Waals surface area contributed by atoms with E-state index in [0.29, 0.717) is 37.4 Å². The zero-order valence-electron chi connectivity index (χ0n) is 13.1. The number of hydrogen-bond donors (Lipinski definition) is 0. The minimum atomic E-state index is -3.18. The van der Waals surface area contributed by atoms with Crippen LogP contribution in [0.3, 0.4) is 0 Å². The molecule has 1 fully saturated rings. The molecule has 2 heterocycles. The van der Waals surface area contributed by atoms with Crippen LogP contribution in [-0.2, 0) is 10.0 Å². The van der Waals surface area contributed by atoms with E-state index < -0.39 is 15.8 Å². The van der Waals surface area contributed by atoms with Gasteiger partial charge in [0.05, 0.1) is 11.8 Å². The minimum Gasteiger partial charge on any atom is -0.339 e. The Hall–Kier alpha value is -2.24. The normalized spacial score (nSPS) is 16.9. The van der Waals surface area contributed by atoms with Gasteiger partial charge in [-0.2, -0.15) is 4.98 Å². The molecule has 24 heavy (non-hydrogen) atoms. The Balaban J connectivity index is 1.76. The van der Waals surface area contributed by atoms with Crippen molar-refractivity contribution in [3.8, 4) is 23.7 Å². The van der Waals surface area contributed by atoms with Crippen molar-refractivity contribution >= 4 is 10.0 Å². The summed E-state index contributed by atoms with van der Waals surface area (Å²) in [5.74, 6) is 2.39. The van der Waals surface area contributed by atoms with Crippen molar-refractivity contribution in [1.82, 2.24) is 14.4 Å². The van der Waals surface area contributed by atoms with Crippen molar-refractivity contribution in [1.29, 1.82) is 0 Å². The SMILES string of the molecule is C#Cc1ccc(-c2noc(C3CCN(S(C)(=O)=O)CC3)n2)c(F)c1. The van der Waals surface area contributed by atoms with Crippen LogP contribution in [0.2, 0.25) is 0 Å². The Kier molecular flexibility index (Phi) is 4.39. The van der Waals surface area contributed by atoms with E-state index in [0.717, 1.165) is 0 Å². The summed E-state index contributed by atoms with van der Waals surface area (Å²) in [7, 11) is -3.18. The first-order chi connectivity index (χ1) is 11.4. The van der Waals surface area contributed by atoms with E-state index in [4.69, 9.17) is 10.9 Å². The first-order valence-electron chi connectivity index (χ1n) is 7.43. The maximum Gasteiger partial charge on any atom is 0.230 e. The summed E-state index contributed by atoms with van der Waals surface area (Å²) in [4.78, 5) is 4.27. The maximum absolute atomic E-state index is 14.1. The summed E-state index contributed by atoms with van der Waals surface area (Å²) in [5, 5.41) is 3.84. The van der Waals surface area contributed by atoms with Crippen LogP contribution in [0, 0.1) is 18.2 Å². The molecule has 6 nitrogen and oxygen atoms in total. The van der Waals surface area contributed by atoms with Crippen molar-refractivity contribution < 1.29 is 17.3 Å². The molecule has 0 unspecified atom stereocenters. The molecule has 0 N–H and O–H groups in total. The quantitative estimate of drug-likeness (QED) is 0.792. The summed E-state index contributed by atoms with van der Waals surface area (Å²) in [6.45, 7) is 0.818. The largest absolute Gasteiger partial charge is 0.339 e. The molecule has 1 aliphatic heterocycles. The average Bonchev–Trinajstić information content (AvgIpc) is 3.03. The number of halogens is 1. The molecule has 0 saturated carbocycles. The van der Waals surface area contributed by atoms with Crippen LogP contribution < -0.4 is 0 Å². The van der Waals surface area contributed by atoms with E-state index >= 15 is 0 Å². The molecule has 0 spiro atoms. The van der Waals surface area contributed by atoms with Gasteiger partial charge >= 0.3 is 0 Å². The third-order valence-corrected chi connectivity index (χ3v) is 5.39. The Morgan fingerprint density at radius 3 is 2.67 bits per heavy atom. The van der Waals surface area contributed by atoms with Gasteiger partial charge in [0.1, 0.15) is 5.82 Å². The molecule has 0 bridgehead atoms. The summed E-state index contributed by atoms with van der Waals surface area (Å²) >= 11 is 0. The van der Waals surface area contributed by atoms with E-state index in [-0.39, 0.29) is 17.3 Å². The Labute approximate surface area is 139 Å². The molecule has 3 rings (SSSR count). The van der Waals surface area contributed by atoms with E-state index in [1.807, 2.05) is 0 Å². The molecular weight excluding hydrogens is 333 g/mol. The van der Waals surface area contributed by atoms with Gasteiger partial charge in [0.15, 0.2) is 0 Å². The third kappa shape index (κ3) is 3.32. The van der Waals surface area contributed by atoms with Crippen LogP contribution in [0.5, 0.6) is 0 Å². The van der Waals surface area contributed by atoms with Crippen LogP contribution in [0.1, 0.15) is 30.2 Å². The molecule has 2 aromatic rings. The van der Waals surface area contributed by atoms with E-state index in [2.05, 4.69) is 16.1 Å². The van der Waals surface area contributed by atoms with Crippen LogP contribution in [0.15, 0.2) is 22.7 Å². The number of nitrogens with zero attached hydrogens (tertiary/aromatic N) is 3. The molecule has 1 aliphatic rings. The average molecular weight is 349 g/mol. The van der Waals surface area contributed by atoms with Crippen LogP contribution in [0.4, 0.5) is 4.39 Å².